The van der Waals surface area contributed by atoms with Crippen LogP contribution in [0.1, 0.15) is 18.0 Å². The molecule has 8 heteroatoms. The molecule has 1 unspecified atom stereocenters. The highest BCUT2D eigenvalue weighted by Crippen LogP contribution is 2.18. The molecule has 1 rings (SSSR count). The van der Waals surface area contributed by atoms with Crippen molar-refractivity contribution < 1.29 is 14.3 Å². The third-order valence-electron chi connectivity index (χ3n) is 1.87. The lowest BCUT2D eigenvalue weighted by Gasteiger charge is -2.10. The van der Waals surface area contributed by atoms with Gasteiger partial charge < -0.3 is 20.5 Å². The van der Waals surface area contributed by atoms with E-state index in [1.165, 1.54) is 11.3 Å². The summed E-state index contributed by atoms with van der Waals surface area (Å²) in [7, 11) is 1.57. The van der Waals surface area contributed by atoms with Gasteiger partial charge in [0, 0.05) is 7.11 Å². The largest absolute Gasteiger partial charge is 0.382 e. The quantitative estimate of drug-likeness (QED) is 0.667. The van der Waals surface area contributed by atoms with E-state index in [1.54, 1.807) is 7.11 Å². The number of nitrogens with zero attached hydrogens (tertiary/aromatic N) is 2. The fraction of sp³-hybridized carbons (Fsp3) is 0.667. The van der Waals surface area contributed by atoms with Gasteiger partial charge in [-0.2, -0.15) is 0 Å². The summed E-state index contributed by atoms with van der Waals surface area (Å²) in [6, 6.07) is -0.219. The molecular weight excluding hydrogens is 244 g/mol. The van der Waals surface area contributed by atoms with Crippen LogP contribution >= 0.6 is 11.3 Å². The molecule has 1 heterocycles. The molecule has 1 atom stereocenters. The Morgan fingerprint density at radius 3 is 2.88 bits per heavy atom. The molecular formula is C9H16N4O3S. The number of rotatable bonds is 7. The van der Waals surface area contributed by atoms with Crippen molar-refractivity contribution in [3.05, 3.63) is 5.01 Å². The zero-order valence-corrected chi connectivity index (χ0v) is 10.6. The van der Waals surface area contributed by atoms with E-state index in [0.29, 0.717) is 23.4 Å². The zero-order valence-electron chi connectivity index (χ0n) is 9.80. The first-order valence-electron chi connectivity index (χ1n) is 5.08. The number of nitrogens with two attached hydrogens (primary N) is 1. The van der Waals surface area contributed by atoms with Crippen LogP contribution in [-0.4, -0.2) is 43.0 Å². The van der Waals surface area contributed by atoms with Crippen LogP contribution in [0, 0.1) is 0 Å². The normalized spacial score (nSPS) is 12.4. The summed E-state index contributed by atoms with van der Waals surface area (Å²) in [4.78, 5) is 11.4. The van der Waals surface area contributed by atoms with Crippen LogP contribution in [0.2, 0.25) is 0 Å². The van der Waals surface area contributed by atoms with Gasteiger partial charge in [-0.15, -0.1) is 10.2 Å². The molecule has 0 bridgehead atoms. The van der Waals surface area contributed by atoms with E-state index in [2.05, 4.69) is 15.5 Å². The highest BCUT2D eigenvalue weighted by atomic mass is 32.1. The minimum atomic E-state index is -0.219. The second-order valence-electron chi connectivity index (χ2n) is 3.31. The van der Waals surface area contributed by atoms with Crippen LogP contribution in [0.4, 0.5) is 5.13 Å². The van der Waals surface area contributed by atoms with Gasteiger partial charge in [-0.05, 0) is 6.92 Å². The third-order valence-corrected chi connectivity index (χ3v) is 2.80. The molecule has 0 saturated carbocycles. The molecule has 3 N–H and O–H groups in total. The Kier molecular flexibility index (Phi) is 5.81. The Morgan fingerprint density at radius 2 is 2.29 bits per heavy atom. The first-order valence-corrected chi connectivity index (χ1v) is 5.90. The molecule has 1 amide bonds. The molecule has 7 nitrogen and oxygen atoms in total. The molecule has 0 fully saturated rings. The highest BCUT2D eigenvalue weighted by molar-refractivity contribution is 7.15. The molecule has 1 aromatic heterocycles. The number of aromatic nitrogens is 2. The van der Waals surface area contributed by atoms with E-state index < -0.39 is 0 Å². The van der Waals surface area contributed by atoms with E-state index in [9.17, 15) is 4.79 Å². The maximum atomic E-state index is 11.4. The fourth-order valence-corrected chi connectivity index (χ4v) is 1.69. The minimum Gasteiger partial charge on any atom is -0.382 e. The molecule has 0 spiro atoms. The molecule has 0 aromatic carbocycles. The molecule has 0 aliphatic heterocycles. The van der Waals surface area contributed by atoms with Crippen LogP contribution in [0.15, 0.2) is 0 Å². The molecule has 0 radical (unpaired) electrons. The molecule has 96 valence electrons. The number of ether oxygens (including phenoxy) is 2. The third kappa shape index (κ3) is 5.07. The van der Waals surface area contributed by atoms with Gasteiger partial charge in [0.05, 0.1) is 19.3 Å². The van der Waals surface area contributed by atoms with Gasteiger partial charge >= 0.3 is 0 Å². The zero-order chi connectivity index (χ0) is 12.7. The van der Waals surface area contributed by atoms with Gasteiger partial charge in [0.25, 0.3) is 0 Å². The van der Waals surface area contributed by atoms with Crippen LogP contribution in [0.25, 0.3) is 0 Å². The molecule has 0 saturated heterocycles. The Labute approximate surface area is 103 Å². The second-order valence-corrected chi connectivity index (χ2v) is 4.35. The Hall–Kier alpha value is -1.25. The standard InChI is InChI=1S/C9H16N4O3S/c1-6(8-12-13-9(10)17-8)11-7(14)5-16-4-3-15-2/h6H,3-5H2,1-2H3,(H2,10,13)(H,11,14). The van der Waals surface area contributed by atoms with E-state index >= 15 is 0 Å². The van der Waals surface area contributed by atoms with Gasteiger partial charge in [0.15, 0.2) is 0 Å². The fourth-order valence-electron chi connectivity index (χ4n) is 1.07. The topological polar surface area (TPSA) is 99.4 Å². The summed E-state index contributed by atoms with van der Waals surface area (Å²) < 4.78 is 9.87. The van der Waals surface area contributed by atoms with Crippen molar-refractivity contribution in [2.75, 3.05) is 32.7 Å². The lowest BCUT2D eigenvalue weighted by Crippen LogP contribution is -2.30. The van der Waals surface area contributed by atoms with E-state index in [1.807, 2.05) is 6.92 Å². The number of hydrogen-bond acceptors (Lipinski definition) is 7. The van der Waals surface area contributed by atoms with Gasteiger partial charge in [-0.1, -0.05) is 11.3 Å². The van der Waals surface area contributed by atoms with Crippen molar-refractivity contribution in [2.45, 2.75) is 13.0 Å². The Morgan fingerprint density at radius 1 is 1.53 bits per heavy atom. The van der Waals surface area contributed by atoms with E-state index in [4.69, 9.17) is 15.2 Å². The molecule has 0 aliphatic rings. The lowest BCUT2D eigenvalue weighted by atomic mass is 10.3. The number of carbonyl (C=O) groups excluding carboxylic acids is 1. The van der Waals surface area contributed by atoms with Crippen LogP contribution < -0.4 is 11.1 Å². The number of amides is 1. The predicted octanol–water partition coefficient (Wildman–Crippen LogP) is -0.0395. The predicted molar refractivity (Wildman–Crippen MR) is 63.6 cm³/mol. The number of nitrogens with one attached hydrogen (secondary N) is 1. The first-order chi connectivity index (χ1) is 8.13. The molecule has 0 aliphatic carbocycles. The summed E-state index contributed by atoms with van der Waals surface area (Å²) in [5.74, 6) is -0.206. The van der Waals surface area contributed by atoms with Gasteiger partial charge in [0.2, 0.25) is 11.0 Å². The second kappa shape index (κ2) is 7.15. The number of anilines is 1. The summed E-state index contributed by atoms with van der Waals surface area (Å²) in [5.41, 5.74) is 5.45. The van der Waals surface area contributed by atoms with Crippen molar-refractivity contribution in [1.29, 1.82) is 0 Å². The van der Waals surface area contributed by atoms with Gasteiger partial charge in [-0.25, -0.2) is 0 Å². The number of nitrogen functional groups attached to an aromatic ring is 1. The maximum absolute atomic E-state index is 11.4. The first kappa shape index (κ1) is 13.8. The van der Waals surface area contributed by atoms with Crippen LogP contribution in [0.3, 0.4) is 0 Å². The average Bonchev–Trinajstić information content (AvgIpc) is 2.71. The van der Waals surface area contributed by atoms with Gasteiger partial charge in [-0.3, -0.25) is 4.79 Å². The highest BCUT2D eigenvalue weighted by Gasteiger charge is 2.13. The summed E-state index contributed by atoms with van der Waals surface area (Å²) in [6.07, 6.45) is 0. The molecule has 17 heavy (non-hydrogen) atoms. The van der Waals surface area contributed by atoms with Crippen molar-refractivity contribution in [2.24, 2.45) is 0 Å². The Balaban J connectivity index is 2.26. The van der Waals surface area contributed by atoms with Crippen molar-refractivity contribution >= 4 is 22.4 Å². The van der Waals surface area contributed by atoms with Crippen molar-refractivity contribution in [3.8, 4) is 0 Å². The molecule has 1 aromatic rings. The van der Waals surface area contributed by atoms with Crippen molar-refractivity contribution in [3.63, 3.8) is 0 Å². The SMILES string of the molecule is COCCOCC(=O)NC(C)c1nnc(N)s1. The average molecular weight is 260 g/mol. The summed E-state index contributed by atoms with van der Waals surface area (Å²) >= 11 is 1.25. The van der Waals surface area contributed by atoms with Crippen LogP contribution in [-0.2, 0) is 14.3 Å². The van der Waals surface area contributed by atoms with Crippen LogP contribution in [0.5, 0.6) is 0 Å². The Bertz CT molecular complexity index is 358. The summed E-state index contributed by atoms with van der Waals surface area (Å²) in [6.45, 7) is 2.68. The number of carbonyl (C=O) groups is 1. The number of methoxy groups -OCH3 is 1. The minimum absolute atomic E-state index is 0.00197. The smallest absolute Gasteiger partial charge is 0.246 e. The van der Waals surface area contributed by atoms with Gasteiger partial charge in [0.1, 0.15) is 11.6 Å². The lowest BCUT2D eigenvalue weighted by molar-refractivity contribution is -0.126. The van der Waals surface area contributed by atoms with E-state index in [-0.39, 0.29) is 18.6 Å². The van der Waals surface area contributed by atoms with E-state index in [0.717, 1.165) is 0 Å². The number of hydrogen-bond donors (Lipinski definition) is 2. The maximum Gasteiger partial charge on any atom is 0.246 e. The summed E-state index contributed by atoms with van der Waals surface area (Å²) in [5, 5.41) is 11.3. The monoisotopic (exact) mass is 260 g/mol. The van der Waals surface area contributed by atoms with Crippen molar-refractivity contribution in [1.82, 2.24) is 15.5 Å².